The molecule has 0 radical (unpaired) electrons. The second kappa shape index (κ2) is 5.88. The van der Waals surface area contributed by atoms with Crippen LogP contribution >= 0.6 is 11.3 Å². The van der Waals surface area contributed by atoms with E-state index in [4.69, 9.17) is 0 Å². The summed E-state index contributed by atoms with van der Waals surface area (Å²) in [4.78, 5) is 50.9. The van der Waals surface area contributed by atoms with Gasteiger partial charge in [-0.25, -0.2) is 4.79 Å². The minimum absolute atomic E-state index is 0.0456. The van der Waals surface area contributed by atoms with Gasteiger partial charge in [-0.1, -0.05) is 6.07 Å². The zero-order valence-corrected chi connectivity index (χ0v) is 12.6. The number of urea groups is 1. The fraction of sp³-hybridized carbons (Fsp3) is 0.429. The summed E-state index contributed by atoms with van der Waals surface area (Å²) in [6.07, 6.45) is 0.286. The molecule has 1 aromatic rings. The second-order valence-electron chi connectivity index (χ2n) is 5.24. The first-order valence-electron chi connectivity index (χ1n) is 7.02. The van der Waals surface area contributed by atoms with Gasteiger partial charge in [0.15, 0.2) is 5.78 Å². The predicted octanol–water partition coefficient (Wildman–Crippen LogP) is 0.474. The van der Waals surface area contributed by atoms with Crippen LogP contribution in [0.25, 0.3) is 0 Å². The van der Waals surface area contributed by atoms with Crippen molar-refractivity contribution in [2.75, 3.05) is 19.6 Å². The average Bonchev–Trinajstić information content (AvgIpc) is 3.14. The molecule has 3 heterocycles. The number of rotatable bonds is 4. The van der Waals surface area contributed by atoms with E-state index in [0.717, 1.165) is 0 Å². The fourth-order valence-corrected chi connectivity index (χ4v) is 3.37. The third-order valence-corrected chi connectivity index (χ3v) is 4.80. The maximum Gasteiger partial charge on any atom is 0.324 e. The summed E-state index contributed by atoms with van der Waals surface area (Å²) >= 11 is 1.36. The Balaban J connectivity index is 1.54. The van der Waals surface area contributed by atoms with Gasteiger partial charge in [-0.3, -0.25) is 19.7 Å². The van der Waals surface area contributed by atoms with Gasteiger partial charge in [0.1, 0.15) is 6.04 Å². The van der Waals surface area contributed by atoms with Crippen LogP contribution in [0.3, 0.4) is 0 Å². The van der Waals surface area contributed by atoms with Crippen molar-refractivity contribution in [2.24, 2.45) is 0 Å². The van der Waals surface area contributed by atoms with Crippen LogP contribution in [0, 0.1) is 0 Å². The number of carbonyl (C=O) groups is 4. The molecule has 3 rings (SSSR count). The third-order valence-electron chi connectivity index (χ3n) is 3.89. The third kappa shape index (κ3) is 2.74. The summed E-state index contributed by atoms with van der Waals surface area (Å²) in [6.45, 7) is 0.930. The highest BCUT2D eigenvalue weighted by molar-refractivity contribution is 7.12. The Kier molecular flexibility index (Phi) is 3.93. The van der Waals surface area contributed by atoms with E-state index in [-0.39, 0.29) is 37.0 Å². The van der Waals surface area contributed by atoms with Crippen molar-refractivity contribution in [1.82, 2.24) is 15.1 Å². The Morgan fingerprint density at radius 1 is 1.27 bits per heavy atom. The lowest BCUT2D eigenvalue weighted by molar-refractivity contribution is -0.135. The lowest BCUT2D eigenvalue weighted by atomic mass is 10.1. The molecule has 2 saturated heterocycles. The number of amides is 4. The first kappa shape index (κ1) is 14.7. The number of thiophene rings is 1. The quantitative estimate of drug-likeness (QED) is 0.645. The lowest BCUT2D eigenvalue weighted by Gasteiger charge is -2.35. The summed E-state index contributed by atoms with van der Waals surface area (Å²) in [5.41, 5.74) is 0. The van der Waals surface area contributed by atoms with E-state index in [2.05, 4.69) is 5.32 Å². The predicted molar refractivity (Wildman–Crippen MR) is 78.5 cm³/mol. The molecule has 22 heavy (non-hydrogen) atoms. The summed E-state index contributed by atoms with van der Waals surface area (Å²) in [7, 11) is 0. The van der Waals surface area contributed by atoms with Crippen LogP contribution in [0.15, 0.2) is 17.5 Å². The number of nitrogens with zero attached hydrogens (tertiary/aromatic N) is 2. The van der Waals surface area contributed by atoms with Crippen LogP contribution in [0.4, 0.5) is 4.79 Å². The number of carbonyl (C=O) groups excluding carboxylic acids is 4. The smallest absolute Gasteiger partial charge is 0.324 e. The molecule has 0 aliphatic carbocycles. The van der Waals surface area contributed by atoms with Gasteiger partial charge < -0.3 is 9.80 Å². The van der Waals surface area contributed by atoms with E-state index in [1.807, 2.05) is 5.38 Å². The van der Waals surface area contributed by atoms with Gasteiger partial charge in [0.25, 0.3) is 5.91 Å². The number of imide groups is 1. The molecule has 0 spiro atoms. The summed E-state index contributed by atoms with van der Waals surface area (Å²) in [6, 6.07) is 2.55. The highest BCUT2D eigenvalue weighted by Crippen LogP contribution is 2.17. The topological polar surface area (TPSA) is 86.8 Å². The fourth-order valence-electron chi connectivity index (χ4n) is 2.68. The van der Waals surface area contributed by atoms with Gasteiger partial charge in [0.05, 0.1) is 11.4 Å². The molecule has 0 bridgehead atoms. The van der Waals surface area contributed by atoms with Crippen LogP contribution in [-0.2, 0) is 9.59 Å². The molecular weight excluding hydrogens is 306 g/mol. The molecule has 8 heteroatoms. The van der Waals surface area contributed by atoms with Crippen molar-refractivity contribution in [2.45, 2.75) is 18.9 Å². The Morgan fingerprint density at radius 3 is 2.82 bits per heavy atom. The van der Waals surface area contributed by atoms with Gasteiger partial charge >= 0.3 is 6.03 Å². The Morgan fingerprint density at radius 2 is 2.09 bits per heavy atom. The highest BCUT2D eigenvalue weighted by atomic mass is 32.1. The van der Waals surface area contributed by atoms with E-state index in [0.29, 0.717) is 18.0 Å². The Labute approximate surface area is 130 Å². The van der Waals surface area contributed by atoms with E-state index in [1.54, 1.807) is 17.0 Å². The molecule has 2 aliphatic rings. The Bertz CT molecular complexity index is 628. The summed E-state index contributed by atoms with van der Waals surface area (Å²) in [5, 5.41) is 4.07. The Hall–Kier alpha value is -2.22. The van der Waals surface area contributed by atoms with Crippen LogP contribution in [-0.4, -0.2) is 59.1 Å². The van der Waals surface area contributed by atoms with Crippen molar-refractivity contribution in [3.63, 3.8) is 0 Å². The number of piperazine rings is 1. The zero-order chi connectivity index (χ0) is 15.7. The first-order valence-corrected chi connectivity index (χ1v) is 7.90. The molecule has 116 valence electrons. The van der Waals surface area contributed by atoms with Crippen molar-refractivity contribution in [3.05, 3.63) is 22.4 Å². The molecule has 1 atom stereocenters. The number of fused-ring (bicyclic) bond motifs is 1. The van der Waals surface area contributed by atoms with Gasteiger partial charge in [-0.05, 0) is 11.4 Å². The number of ketones is 1. The highest BCUT2D eigenvalue weighted by Gasteiger charge is 2.42. The van der Waals surface area contributed by atoms with Crippen molar-refractivity contribution >= 4 is 35.0 Å². The van der Waals surface area contributed by atoms with Gasteiger partial charge in [-0.15, -0.1) is 11.3 Å². The molecule has 1 aromatic heterocycles. The molecule has 0 aromatic carbocycles. The molecule has 4 amide bonds. The van der Waals surface area contributed by atoms with Gasteiger partial charge in [0, 0.05) is 25.9 Å². The van der Waals surface area contributed by atoms with E-state index in [1.165, 1.54) is 16.2 Å². The largest absolute Gasteiger partial charge is 0.338 e. The standard InChI is InChI=1S/C14H15N3O4S/c18-10(11-2-1-7-22-11)3-4-12(19)16-5-6-17-9(8-16)13(20)15-14(17)21/h1-2,7,9H,3-6,8H2,(H,15,20,21). The van der Waals surface area contributed by atoms with E-state index >= 15 is 0 Å². The van der Waals surface area contributed by atoms with Crippen molar-refractivity contribution in [1.29, 1.82) is 0 Å². The van der Waals surface area contributed by atoms with Crippen LogP contribution in [0.1, 0.15) is 22.5 Å². The number of hydrogen-bond donors (Lipinski definition) is 1. The number of Topliss-reactive ketones (excluding diaryl/α,β-unsaturated/α-hetero) is 1. The molecular formula is C14H15N3O4S. The molecule has 1 unspecified atom stereocenters. The second-order valence-corrected chi connectivity index (χ2v) is 6.19. The molecule has 0 saturated carbocycles. The maximum absolute atomic E-state index is 12.2. The monoisotopic (exact) mass is 321 g/mol. The van der Waals surface area contributed by atoms with Crippen molar-refractivity contribution in [3.8, 4) is 0 Å². The average molecular weight is 321 g/mol. The summed E-state index contributed by atoms with van der Waals surface area (Å²) < 4.78 is 0. The van der Waals surface area contributed by atoms with Gasteiger partial charge in [-0.2, -0.15) is 0 Å². The van der Waals surface area contributed by atoms with Crippen LogP contribution < -0.4 is 5.32 Å². The minimum atomic E-state index is -0.599. The maximum atomic E-state index is 12.2. The van der Waals surface area contributed by atoms with Crippen LogP contribution in [0.5, 0.6) is 0 Å². The summed E-state index contributed by atoms with van der Waals surface area (Å²) in [5.74, 6) is -0.565. The number of hydrogen-bond acceptors (Lipinski definition) is 5. The first-order chi connectivity index (χ1) is 10.6. The van der Waals surface area contributed by atoms with Crippen LogP contribution in [0.2, 0.25) is 0 Å². The van der Waals surface area contributed by atoms with Crippen molar-refractivity contribution < 1.29 is 19.2 Å². The molecule has 7 nitrogen and oxygen atoms in total. The SMILES string of the molecule is O=C(CCC(=O)N1CCN2C(=O)NC(=O)C2C1)c1cccs1. The molecule has 1 N–H and O–H groups in total. The molecule has 2 aliphatic heterocycles. The minimum Gasteiger partial charge on any atom is -0.338 e. The number of nitrogens with one attached hydrogen (secondary N) is 1. The molecule has 2 fully saturated rings. The lowest BCUT2D eigenvalue weighted by Crippen LogP contribution is -2.54. The van der Waals surface area contributed by atoms with E-state index < -0.39 is 12.1 Å². The van der Waals surface area contributed by atoms with E-state index in [9.17, 15) is 19.2 Å². The zero-order valence-electron chi connectivity index (χ0n) is 11.8. The van der Waals surface area contributed by atoms with Gasteiger partial charge in [0.2, 0.25) is 5.91 Å². The normalized spacial score (nSPS) is 20.8.